The lowest BCUT2D eigenvalue weighted by atomic mass is 9.71. The van der Waals surface area contributed by atoms with Crippen molar-refractivity contribution in [1.29, 1.82) is 0 Å². The number of hydrogen-bond donors (Lipinski definition) is 2. The molecule has 2 aromatic rings. The van der Waals surface area contributed by atoms with Crippen molar-refractivity contribution in [2.75, 3.05) is 7.05 Å². The van der Waals surface area contributed by atoms with Crippen LogP contribution in [0.25, 0.3) is 0 Å². The first kappa shape index (κ1) is 15.3. The molecule has 118 valence electrons. The van der Waals surface area contributed by atoms with Crippen molar-refractivity contribution in [1.82, 2.24) is 10.5 Å². The molecule has 1 saturated carbocycles. The molecule has 0 aliphatic heterocycles. The minimum atomic E-state index is -1.06. The van der Waals surface area contributed by atoms with Crippen LogP contribution in [-0.2, 0) is 12.1 Å². The summed E-state index contributed by atoms with van der Waals surface area (Å²) in [5.41, 5.74) is 0.485. The van der Waals surface area contributed by atoms with Gasteiger partial charge in [0.2, 0.25) is 0 Å². The highest BCUT2D eigenvalue weighted by Crippen LogP contribution is 2.43. The van der Waals surface area contributed by atoms with Gasteiger partial charge in [-0.25, -0.2) is 0 Å². The summed E-state index contributed by atoms with van der Waals surface area (Å²) >= 11 is 0. The zero-order valence-corrected chi connectivity index (χ0v) is 13.1. The Morgan fingerprint density at radius 1 is 1.23 bits per heavy atom. The number of aromatic nitrogens is 1. The van der Waals surface area contributed by atoms with Crippen LogP contribution in [0.4, 0.5) is 0 Å². The number of rotatable bonds is 5. The van der Waals surface area contributed by atoms with E-state index in [0.29, 0.717) is 12.2 Å². The molecule has 0 spiro atoms. The number of aliphatic hydroxyl groups is 1. The molecule has 4 nitrogen and oxygen atoms in total. The summed E-state index contributed by atoms with van der Waals surface area (Å²) in [6.07, 6.45) is 5.65. The second-order valence-corrected chi connectivity index (χ2v) is 6.18. The Morgan fingerprint density at radius 2 is 1.95 bits per heavy atom. The van der Waals surface area contributed by atoms with E-state index in [1.165, 1.54) is 19.3 Å². The molecule has 1 aromatic heterocycles. The number of hydrogen-bond acceptors (Lipinski definition) is 4. The minimum absolute atomic E-state index is 0.191. The number of nitrogens with zero attached hydrogens (tertiary/aromatic N) is 1. The normalized spacial score (nSPS) is 19.0. The highest BCUT2D eigenvalue weighted by atomic mass is 16.5. The predicted molar refractivity (Wildman–Crippen MR) is 85.3 cm³/mol. The van der Waals surface area contributed by atoms with Crippen LogP contribution in [0.5, 0.6) is 0 Å². The summed E-state index contributed by atoms with van der Waals surface area (Å²) in [7, 11) is 1.87. The molecule has 1 aliphatic rings. The molecule has 1 unspecified atom stereocenters. The zero-order valence-electron chi connectivity index (χ0n) is 13.1. The third-order valence-electron chi connectivity index (χ3n) is 4.71. The highest BCUT2D eigenvalue weighted by Gasteiger charge is 2.43. The van der Waals surface area contributed by atoms with E-state index < -0.39 is 5.60 Å². The van der Waals surface area contributed by atoms with Crippen molar-refractivity contribution in [2.24, 2.45) is 5.92 Å². The van der Waals surface area contributed by atoms with Crippen molar-refractivity contribution < 1.29 is 9.63 Å². The molecule has 0 amide bonds. The summed E-state index contributed by atoms with van der Waals surface area (Å²) in [5, 5.41) is 18.9. The van der Waals surface area contributed by atoms with Crippen molar-refractivity contribution in [3.63, 3.8) is 0 Å². The number of nitrogens with one attached hydrogen (secondary N) is 1. The average Bonchev–Trinajstić information content (AvgIpc) is 3.05. The van der Waals surface area contributed by atoms with E-state index in [1.807, 2.05) is 43.4 Å². The van der Waals surface area contributed by atoms with Gasteiger partial charge in [0, 0.05) is 6.07 Å². The molecule has 4 heteroatoms. The Hall–Kier alpha value is -1.65. The molecule has 22 heavy (non-hydrogen) atoms. The summed E-state index contributed by atoms with van der Waals surface area (Å²) in [4.78, 5) is 0. The molecule has 0 bridgehead atoms. The predicted octanol–water partition coefficient (Wildman–Crippen LogP) is 3.21. The van der Waals surface area contributed by atoms with E-state index in [0.717, 1.165) is 24.2 Å². The molecule has 1 aromatic carbocycles. The van der Waals surface area contributed by atoms with Crippen LogP contribution in [-0.4, -0.2) is 17.3 Å². The van der Waals surface area contributed by atoms with Crippen LogP contribution in [0.15, 0.2) is 40.9 Å². The Labute approximate surface area is 131 Å². The Morgan fingerprint density at radius 3 is 2.64 bits per heavy atom. The second kappa shape index (κ2) is 6.63. The first-order valence-corrected chi connectivity index (χ1v) is 8.13. The third kappa shape index (κ3) is 2.81. The van der Waals surface area contributed by atoms with Gasteiger partial charge in [0.05, 0.1) is 6.54 Å². The molecule has 1 aliphatic carbocycles. The van der Waals surface area contributed by atoms with Gasteiger partial charge in [0.25, 0.3) is 0 Å². The molecular formula is C18H24N2O2. The molecular weight excluding hydrogens is 276 g/mol. The van der Waals surface area contributed by atoms with Crippen LogP contribution in [0.3, 0.4) is 0 Å². The van der Waals surface area contributed by atoms with E-state index in [-0.39, 0.29) is 5.92 Å². The lowest BCUT2D eigenvalue weighted by Crippen LogP contribution is -2.38. The molecule has 3 rings (SSSR count). The smallest absolute Gasteiger partial charge is 0.150 e. The molecule has 0 saturated heterocycles. The van der Waals surface area contributed by atoms with Gasteiger partial charge in [-0.2, -0.15) is 0 Å². The Bertz CT molecular complexity index is 590. The molecule has 0 radical (unpaired) electrons. The average molecular weight is 300 g/mol. The van der Waals surface area contributed by atoms with Gasteiger partial charge in [0.1, 0.15) is 11.3 Å². The monoisotopic (exact) mass is 300 g/mol. The van der Waals surface area contributed by atoms with Crippen molar-refractivity contribution in [2.45, 2.75) is 44.2 Å². The summed E-state index contributed by atoms with van der Waals surface area (Å²) in [6, 6.07) is 11.8. The third-order valence-corrected chi connectivity index (χ3v) is 4.71. The zero-order chi connectivity index (χ0) is 15.4. The Kier molecular flexibility index (Phi) is 4.60. The standard InChI is InChI=1S/C18H24N2O2/c1-19-13-16-12-17(20-22-16)18(21,14-8-4-2-5-9-14)15-10-6-3-7-11-15/h2,4-5,8-9,12,15,19,21H,3,6-7,10-11,13H2,1H3. The summed E-state index contributed by atoms with van der Waals surface area (Å²) in [5.74, 6) is 0.943. The Balaban J connectivity index is 2.01. The SMILES string of the molecule is CNCc1cc(C(O)(c2ccccc2)C2CCCCC2)no1. The quantitative estimate of drug-likeness (QED) is 0.890. The highest BCUT2D eigenvalue weighted by molar-refractivity contribution is 5.33. The van der Waals surface area contributed by atoms with Crippen LogP contribution >= 0.6 is 0 Å². The maximum absolute atomic E-state index is 11.6. The lowest BCUT2D eigenvalue weighted by Gasteiger charge is -2.37. The van der Waals surface area contributed by atoms with Crippen LogP contribution < -0.4 is 5.32 Å². The fourth-order valence-corrected chi connectivity index (χ4v) is 3.56. The van der Waals surface area contributed by atoms with E-state index in [2.05, 4.69) is 10.5 Å². The van der Waals surface area contributed by atoms with Gasteiger partial charge < -0.3 is 14.9 Å². The maximum atomic E-state index is 11.6. The second-order valence-electron chi connectivity index (χ2n) is 6.18. The van der Waals surface area contributed by atoms with E-state index in [4.69, 9.17) is 4.52 Å². The fraction of sp³-hybridized carbons (Fsp3) is 0.500. The first-order chi connectivity index (χ1) is 10.7. The molecule has 1 heterocycles. The largest absolute Gasteiger partial charge is 0.378 e. The maximum Gasteiger partial charge on any atom is 0.150 e. The molecule has 1 atom stereocenters. The van der Waals surface area contributed by atoms with Crippen LogP contribution in [0, 0.1) is 5.92 Å². The van der Waals surface area contributed by atoms with Crippen molar-refractivity contribution >= 4 is 0 Å². The minimum Gasteiger partial charge on any atom is -0.378 e. The van der Waals surface area contributed by atoms with Gasteiger partial charge in [-0.1, -0.05) is 54.8 Å². The summed E-state index contributed by atoms with van der Waals surface area (Å²) < 4.78 is 5.39. The molecule has 1 fully saturated rings. The van der Waals surface area contributed by atoms with Gasteiger partial charge in [-0.15, -0.1) is 0 Å². The van der Waals surface area contributed by atoms with Gasteiger partial charge in [-0.05, 0) is 31.4 Å². The summed E-state index contributed by atoms with van der Waals surface area (Å²) in [6.45, 7) is 0.614. The van der Waals surface area contributed by atoms with E-state index in [9.17, 15) is 5.11 Å². The van der Waals surface area contributed by atoms with Crippen LogP contribution in [0.1, 0.15) is 49.1 Å². The van der Waals surface area contributed by atoms with E-state index in [1.54, 1.807) is 0 Å². The van der Waals surface area contributed by atoms with Gasteiger partial charge >= 0.3 is 0 Å². The lowest BCUT2D eigenvalue weighted by molar-refractivity contribution is -0.00679. The van der Waals surface area contributed by atoms with Gasteiger partial charge in [0.15, 0.2) is 5.76 Å². The first-order valence-electron chi connectivity index (χ1n) is 8.13. The fourth-order valence-electron chi connectivity index (χ4n) is 3.56. The van der Waals surface area contributed by atoms with Crippen molar-refractivity contribution in [3.05, 3.63) is 53.4 Å². The molecule has 2 N–H and O–H groups in total. The van der Waals surface area contributed by atoms with Gasteiger partial charge in [-0.3, -0.25) is 0 Å². The topological polar surface area (TPSA) is 58.3 Å². The van der Waals surface area contributed by atoms with Crippen LogP contribution in [0.2, 0.25) is 0 Å². The van der Waals surface area contributed by atoms with E-state index >= 15 is 0 Å². The van der Waals surface area contributed by atoms with Crippen molar-refractivity contribution in [3.8, 4) is 0 Å². The number of benzene rings is 1.